The van der Waals surface area contributed by atoms with Gasteiger partial charge >= 0.3 is 0 Å². The Kier molecular flexibility index (Phi) is 4.25. The van der Waals surface area contributed by atoms with Gasteiger partial charge in [-0.2, -0.15) is 0 Å². The minimum Gasteiger partial charge on any atom is -0.497 e. The molecule has 0 unspecified atom stereocenters. The van der Waals surface area contributed by atoms with Crippen molar-refractivity contribution in [3.63, 3.8) is 0 Å². The van der Waals surface area contributed by atoms with Crippen LogP contribution in [-0.4, -0.2) is 13.0 Å². The van der Waals surface area contributed by atoms with Gasteiger partial charge in [-0.1, -0.05) is 30.3 Å². The molecule has 104 valence electrons. The fourth-order valence-corrected chi connectivity index (χ4v) is 1.98. The summed E-state index contributed by atoms with van der Waals surface area (Å²) in [4.78, 5) is 12.2. The number of benzene rings is 2. The van der Waals surface area contributed by atoms with E-state index in [-0.39, 0.29) is 11.9 Å². The Balaban J connectivity index is 2.14. The summed E-state index contributed by atoms with van der Waals surface area (Å²) >= 11 is 0. The first-order chi connectivity index (χ1) is 9.60. The van der Waals surface area contributed by atoms with E-state index >= 15 is 0 Å². The van der Waals surface area contributed by atoms with Gasteiger partial charge in [0.05, 0.1) is 13.2 Å². The molecule has 0 bridgehead atoms. The molecule has 0 radical (unpaired) electrons. The van der Waals surface area contributed by atoms with Crippen molar-refractivity contribution in [2.75, 3.05) is 12.8 Å². The van der Waals surface area contributed by atoms with Crippen molar-refractivity contribution < 1.29 is 9.53 Å². The first-order valence-electron chi connectivity index (χ1n) is 6.40. The zero-order chi connectivity index (χ0) is 14.5. The summed E-state index contributed by atoms with van der Waals surface area (Å²) in [5.74, 6) is 0.398. The van der Waals surface area contributed by atoms with Crippen LogP contribution in [0.15, 0.2) is 48.5 Å². The quantitative estimate of drug-likeness (QED) is 0.840. The van der Waals surface area contributed by atoms with Crippen molar-refractivity contribution in [1.82, 2.24) is 5.32 Å². The van der Waals surface area contributed by atoms with Crippen LogP contribution in [0, 0.1) is 0 Å². The summed E-state index contributed by atoms with van der Waals surface area (Å²) in [5.41, 5.74) is 7.80. The highest BCUT2D eigenvalue weighted by Crippen LogP contribution is 2.19. The largest absolute Gasteiger partial charge is 0.497 e. The number of carbonyl (C=O) groups excluding carboxylic acids is 1. The number of methoxy groups -OCH3 is 1. The van der Waals surface area contributed by atoms with Gasteiger partial charge in [0.25, 0.3) is 5.91 Å². The van der Waals surface area contributed by atoms with Crippen molar-refractivity contribution in [3.8, 4) is 5.75 Å². The summed E-state index contributed by atoms with van der Waals surface area (Å²) in [6.07, 6.45) is 0. The second-order valence-electron chi connectivity index (χ2n) is 4.60. The maximum Gasteiger partial charge on any atom is 0.251 e. The number of anilines is 1. The molecule has 4 nitrogen and oxygen atoms in total. The minimum atomic E-state index is -0.174. The lowest BCUT2D eigenvalue weighted by Crippen LogP contribution is -2.26. The van der Waals surface area contributed by atoms with Gasteiger partial charge in [-0.15, -0.1) is 0 Å². The molecule has 0 saturated carbocycles. The summed E-state index contributed by atoms with van der Waals surface area (Å²) < 4.78 is 5.12. The average Bonchev–Trinajstić information content (AvgIpc) is 2.47. The van der Waals surface area contributed by atoms with Crippen molar-refractivity contribution in [2.24, 2.45) is 0 Å². The number of hydrogen-bond donors (Lipinski definition) is 2. The molecule has 0 aliphatic carbocycles. The molecule has 2 rings (SSSR count). The Morgan fingerprint density at radius 1 is 1.20 bits per heavy atom. The third-order valence-electron chi connectivity index (χ3n) is 3.07. The minimum absolute atomic E-state index is 0.0730. The molecule has 4 heteroatoms. The Hall–Kier alpha value is -2.49. The molecular formula is C16H18N2O2. The van der Waals surface area contributed by atoms with Gasteiger partial charge in [0, 0.05) is 17.3 Å². The van der Waals surface area contributed by atoms with Crippen molar-refractivity contribution in [1.29, 1.82) is 0 Å². The summed E-state index contributed by atoms with van der Waals surface area (Å²) in [7, 11) is 1.54. The molecule has 0 spiro atoms. The average molecular weight is 270 g/mol. The number of nitrogen functional groups attached to an aromatic ring is 1. The van der Waals surface area contributed by atoms with Gasteiger partial charge < -0.3 is 15.8 Å². The fraction of sp³-hybridized carbons (Fsp3) is 0.188. The van der Waals surface area contributed by atoms with E-state index in [0.29, 0.717) is 17.0 Å². The Bertz CT molecular complexity index is 597. The second-order valence-corrected chi connectivity index (χ2v) is 4.60. The van der Waals surface area contributed by atoms with Gasteiger partial charge in [-0.05, 0) is 24.6 Å². The van der Waals surface area contributed by atoms with Gasteiger partial charge in [-0.25, -0.2) is 0 Å². The zero-order valence-corrected chi connectivity index (χ0v) is 11.6. The predicted octanol–water partition coefficient (Wildman–Crippen LogP) is 2.77. The van der Waals surface area contributed by atoms with Crippen molar-refractivity contribution in [3.05, 3.63) is 59.7 Å². The van der Waals surface area contributed by atoms with Crippen molar-refractivity contribution >= 4 is 11.6 Å². The molecule has 0 heterocycles. The van der Waals surface area contributed by atoms with Crippen LogP contribution >= 0.6 is 0 Å². The van der Waals surface area contributed by atoms with E-state index in [0.717, 1.165) is 5.56 Å². The maximum absolute atomic E-state index is 12.2. The van der Waals surface area contributed by atoms with Crippen LogP contribution in [-0.2, 0) is 0 Å². The third-order valence-corrected chi connectivity index (χ3v) is 3.07. The van der Waals surface area contributed by atoms with Crippen LogP contribution in [0.5, 0.6) is 5.75 Å². The lowest BCUT2D eigenvalue weighted by atomic mass is 10.1. The zero-order valence-electron chi connectivity index (χ0n) is 11.6. The predicted molar refractivity (Wildman–Crippen MR) is 79.7 cm³/mol. The summed E-state index contributed by atoms with van der Waals surface area (Å²) in [6, 6.07) is 14.7. The normalized spacial score (nSPS) is 11.7. The van der Waals surface area contributed by atoms with Crippen LogP contribution in [0.1, 0.15) is 28.9 Å². The van der Waals surface area contributed by atoms with E-state index in [1.165, 1.54) is 0 Å². The van der Waals surface area contributed by atoms with Gasteiger partial charge in [-0.3, -0.25) is 4.79 Å². The van der Waals surface area contributed by atoms with E-state index in [9.17, 15) is 4.79 Å². The molecule has 0 aromatic heterocycles. The van der Waals surface area contributed by atoms with Gasteiger partial charge in [0.15, 0.2) is 0 Å². The molecule has 1 amide bonds. The van der Waals surface area contributed by atoms with Gasteiger partial charge in [0.2, 0.25) is 0 Å². The Morgan fingerprint density at radius 3 is 2.55 bits per heavy atom. The number of amides is 1. The number of nitrogens with two attached hydrogens (primary N) is 1. The fourth-order valence-electron chi connectivity index (χ4n) is 1.98. The third kappa shape index (κ3) is 3.29. The SMILES string of the molecule is COc1cc(N)cc(C(=O)N[C@@H](C)c2ccccc2)c1. The molecule has 0 aliphatic heterocycles. The van der Waals surface area contributed by atoms with Crippen molar-refractivity contribution in [2.45, 2.75) is 13.0 Å². The molecule has 2 aromatic rings. The lowest BCUT2D eigenvalue weighted by molar-refractivity contribution is 0.0939. The highest BCUT2D eigenvalue weighted by atomic mass is 16.5. The number of rotatable bonds is 4. The van der Waals surface area contributed by atoms with Crippen LogP contribution in [0.3, 0.4) is 0 Å². The second kappa shape index (κ2) is 6.10. The number of nitrogens with one attached hydrogen (secondary N) is 1. The Morgan fingerprint density at radius 2 is 1.90 bits per heavy atom. The first kappa shape index (κ1) is 13.9. The molecular weight excluding hydrogens is 252 g/mol. The van der Waals surface area contributed by atoms with E-state index in [2.05, 4.69) is 5.32 Å². The summed E-state index contributed by atoms with van der Waals surface area (Å²) in [5, 5.41) is 2.94. The van der Waals surface area contributed by atoms with Crippen LogP contribution < -0.4 is 15.8 Å². The molecule has 3 N–H and O–H groups in total. The van der Waals surface area contributed by atoms with Crippen LogP contribution in [0.25, 0.3) is 0 Å². The molecule has 0 fully saturated rings. The highest BCUT2D eigenvalue weighted by molar-refractivity contribution is 5.95. The Labute approximate surface area is 118 Å². The first-order valence-corrected chi connectivity index (χ1v) is 6.40. The highest BCUT2D eigenvalue weighted by Gasteiger charge is 2.12. The number of carbonyl (C=O) groups is 1. The smallest absolute Gasteiger partial charge is 0.251 e. The summed E-state index contributed by atoms with van der Waals surface area (Å²) in [6.45, 7) is 1.94. The molecule has 20 heavy (non-hydrogen) atoms. The van der Waals surface area contributed by atoms with E-state index < -0.39 is 0 Å². The lowest BCUT2D eigenvalue weighted by Gasteiger charge is -2.15. The number of hydrogen-bond acceptors (Lipinski definition) is 3. The molecule has 2 aromatic carbocycles. The van der Waals surface area contributed by atoms with E-state index in [1.807, 2.05) is 37.3 Å². The van der Waals surface area contributed by atoms with E-state index in [1.54, 1.807) is 25.3 Å². The molecule has 1 atom stereocenters. The van der Waals surface area contributed by atoms with Crippen LogP contribution in [0.4, 0.5) is 5.69 Å². The van der Waals surface area contributed by atoms with Crippen LogP contribution in [0.2, 0.25) is 0 Å². The van der Waals surface area contributed by atoms with E-state index in [4.69, 9.17) is 10.5 Å². The topological polar surface area (TPSA) is 64.3 Å². The maximum atomic E-state index is 12.2. The molecule has 0 saturated heterocycles. The standard InChI is InChI=1S/C16H18N2O2/c1-11(12-6-4-3-5-7-12)18-16(19)13-8-14(17)10-15(9-13)20-2/h3-11H,17H2,1-2H3,(H,18,19)/t11-/m0/s1. The van der Waals surface area contributed by atoms with Gasteiger partial charge in [0.1, 0.15) is 5.75 Å². The monoisotopic (exact) mass is 270 g/mol. The molecule has 0 aliphatic rings. The number of ether oxygens (including phenoxy) is 1.